The van der Waals surface area contributed by atoms with Crippen LogP contribution in [0.25, 0.3) is 0 Å². The maximum absolute atomic E-state index is 5.40. The lowest BCUT2D eigenvalue weighted by atomic mass is 10.2. The Kier molecular flexibility index (Phi) is 9.40. The molecule has 1 aliphatic rings. The van der Waals surface area contributed by atoms with Crippen molar-refractivity contribution in [3.63, 3.8) is 0 Å². The van der Waals surface area contributed by atoms with Crippen LogP contribution < -0.4 is 15.5 Å². The zero-order valence-electron chi connectivity index (χ0n) is 13.4. The van der Waals surface area contributed by atoms with Crippen LogP contribution in [0.3, 0.4) is 0 Å². The van der Waals surface area contributed by atoms with Gasteiger partial charge in [-0.2, -0.15) is 0 Å². The Bertz CT molecular complexity index is 538. The monoisotopic (exact) mass is 429 g/mol. The Hall–Kier alpha value is -1.53. The van der Waals surface area contributed by atoms with Crippen LogP contribution in [0.4, 0.5) is 5.82 Å². The fraction of sp³-hybridized carbons (Fsp3) is 0.500. The van der Waals surface area contributed by atoms with Gasteiger partial charge < -0.3 is 20.3 Å². The van der Waals surface area contributed by atoms with Crippen molar-refractivity contribution in [3.05, 3.63) is 23.9 Å². The zero-order chi connectivity index (χ0) is 15.6. The molecule has 23 heavy (non-hydrogen) atoms. The smallest absolute Gasteiger partial charge is 0.192 e. The minimum absolute atomic E-state index is 0. The number of ether oxygens (including phenoxy) is 1. The van der Waals surface area contributed by atoms with Crippen molar-refractivity contribution in [3.8, 4) is 12.3 Å². The number of nitrogens with one attached hydrogen (secondary N) is 2. The molecule has 1 aromatic heterocycles. The van der Waals surface area contributed by atoms with Crippen molar-refractivity contribution in [1.29, 1.82) is 0 Å². The molecule has 7 heteroatoms. The van der Waals surface area contributed by atoms with E-state index in [1.165, 1.54) is 0 Å². The molecule has 0 aliphatic carbocycles. The lowest BCUT2D eigenvalue weighted by Gasteiger charge is -2.29. The third kappa shape index (κ3) is 6.23. The van der Waals surface area contributed by atoms with Gasteiger partial charge in [0, 0.05) is 31.4 Å². The Morgan fingerprint density at radius 2 is 2.22 bits per heavy atom. The molecular weight excluding hydrogens is 405 g/mol. The second-order valence-corrected chi connectivity index (χ2v) is 4.84. The number of nitrogens with zero attached hydrogens (tertiary/aromatic N) is 3. The summed E-state index contributed by atoms with van der Waals surface area (Å²) in [5.74, 6) is 4.26. The molecule has 1 aromatic rings. The summed E-state index contributed by atoms with van der Waals surface area (Å²) in [6, 6.07) is 4.00. The van der Waals surface area contributed by atoms with Gasteiger partial charge in [-0.25, -0.2) is 9.98 Å². The van der Waals surface area contributed by atoms with Gasteiger partial charge in [0.15, 0.2) is 5.96 Å². The quantitative estimate of drug-likeness (QED) is 0.319. The molecule has 2 N–H and O–H groups in total. The van der Waals surface area contributed by atoms with E-state index in [0.29, 0.717) is 13.1 Å². The second kappa shape index (κ2) is 11.1. The molecule has 2 rings (SSSR count). The number of aromatic nitrogens is 1. The molecule has 0 unspecified atom stereocenters. The number of anilines is 1. The lowest BCUT2D eigenvalue weighted by Crippen LogP contribution is -2.38. The molecule has 0 saturated carbocycles. The van der Waals surface area contributed by atoms with Gasteiger partial charge in [0.1, 0.15) is 5.82 Å². The third-order valence-corrected chi connectivity index (χ3v) is 3.29. The predicted molar refractivity (Wildman–Crippen MR) is 104 cm³/mol. The molecule has 0 atom stereocenters. The first-order chi connectivity index (χ1) is 10.8. The van der Waals surface area contributed by atoms with Crippen LogP contribution in [0.1, 0.15) is 12.5 Å². The van der Waals surface area contributed by atoms with Gasteiger partial charge in [-0.15, -0.1) is 30.4 Å². The molecule has 0 amide bonds. The average Bonchev–Trinajstić information content (AvgIpc) is 2.58. The summed E-state index contributed by atoms with van der Waals surface area (Å²) in [5.41, 5.74) is 1.10. The SMILES string of the molecule is C#CCNC(=NCc1cccnc1N1CCOCC1)NCC.I. The number of hydrogen-bond acceptors (Lipinski definition) is 4. The highest BCUT2D eigenvalue weighted by atomic mass is 127. The van der Waals surface area contributed by atoms with E-state index in [4.69, 9.17) is 11.2 Å². The van der Waals surface area contributed by atoms with E-state index < -0.39 is 0 Å². The summed E-state index contributed by atoms with van der Waals surface area (Å²) in [6.45, 7) is 7.04. The molecule has 6 nitrogen and oxygen atoms in total. The third-order valence-electron chi connectivity index (χ3n) is 3.29. The number of rotatable bonds is 5. The molecule has 126 valence electrons. The van der Waals surface area contributed by atoms with E-state index in [1.807, 2.05) is 19.2 Å². The summed E-state index contributed by atoms with van der Waals surface area (Å²) < 4.78 is 5.40. The zero-order valence-corrected chi connectivity index (χ0v) is 15.7. The Balaban J connectivity index is 0.00000264. The van der Waals surface area contributed by atoms with Gasteiger partial charge in [0.25, 0.3) is 0 Å². The summed E-state index contributed by atoms with van der Waals surface area (Å²) >= 11 is 0. The summed E-state index contributed by atoms with van der Waals surface area (Å²) in [5, 5.41) is 6.26. The van der Waals surface area contributed by atoms with Crippen molar-refractivity contribution >= 4 is 35.8 Å². The van der Waals surface area contributed by atoms with Crippen molar-refractivity contribution in [1.82, 2.24) is 15.6 Å². The largest absolute Gasteiger partial charge is 0.378 e. The number of aliphatic imine (C=N–C) groups is 1. The first-order valence-electron chi connectivity index (χ1n) is 7.57. The lowest BCUT2D eigenvalue weighted by molar-refractivity contribution is 0.122. The number of pyridine rings is 1. The molecule has 0 bridgehead atoms. The van der Waals surface area contributed by atoms with Crippen LogP contribution >= 0.6 is 24.0 Å². The minimum atomic E-state index is 0. The topological polar surface area (TPSA) is 61.8 Å². The molecule has 2 heterocycles. The van der Waals surface area contributed by atoms with Gasteiger partial charge in [-0.1, -0.05) is 12.0 Å². The number of hydrogen-bond donors (Lipinski definition) is 2. The average molecular weight is 429 g/mol. The molecule has 0 radical (unpaired) electrons. The van der Waals surface area contributed by atoms with E-state index >= 15 is 0 Å². The van der Waals surface area contributed by atoms with Crippen molar-refractivity contribution < 1.29 is 4.74 Å². The highest BCUT2D eigenvalue weighted by Crippen LogP contribution is 2.19. The van der Waals surface area contributed by atoms with E-state index in [2.05, 4.69) is 37.5 Å². The molecule has 1 aliphatic heterocycles. The molecule has 1 saturated heterocycles. The van der Waals surface area contributed by atoms with Gasteiger partial charge in [0.2, 0.25) is 0 Å². The summed E-state index contributed by atoms with van der Waals surface area (Å²) in [4.78, 5) is 11.3. The number of halogens is 1. The molecular formula is C16H24IN5O. The number of guanidine groups is 1. The minimum Gasteiger partial charge on any atom is -0.378 e. The maximum Gasteiger partial charge on any atom is 0.192 e. The van der Waals surface area contributed by atoms with E-state index in [9.17, 15) is 0 Å². The van der Waals surface area contributed by atoms with Crippen LogP contribution in [0.2, 0.25) is 0 Å². The summed E-state index contributed by atoms with van der Waals surface area (Å²) in [6.07, 6.45) is 7.10. The van der Waals surface area contributed by atoms with Crippen LogP contribution in [-0.4, -0.2) is 50.3 Å². The molecule has 0 spiro atoms. The Morgan fingerprint density at radius 3 is 2.91 bits per heavy atom. The Morgan fingerprint density at radius 1 is 1.43 bits per heavy atom. The fourth-order valence-corrected chi connectivity index (χ4v) is 2.25. The first-order valence-corrected chi connectivity index (χ1v) is 7.57. The van der Waals surface area contributed by atoms with Crippen LogP contribution in [0, 0.1) is 12.3 Å². The summed E-state index contributed by atoms with van der Waals surface area (Å²) in [7, 11) is 0. The number of terminal acetylenes is 1. The van der Waals surface area contributed by atoms with Crippen molar-refractivity contribution in [2.45, 2.75) is 13.5 Å². The maximum atomic E-state index is 5.40. The highest BCUT2D eigenvalue weighted by molar-refractivity contribution is 14.0. The van der Waals surface area contributed by atoms with E-state index in [-0.39, 0.29) is 24.0 Å². The van der Waals surface area contributed by atoms with Gasteiger partial charge in [0.05, 0.1) is 26.3 Å². The van der Waals surface area contributed by atoms with Crippen molar-refractivity contribution in [2.75, 3.05) is 44.3 Å². The van der Waals surface area contributed by atoms with E-state index in [0.717, 1.165) is 50.2 Å². The van der Waals surface area contributed by atoms with Gasteiger partial charge in [-0.3, -0.25) is 0 Å². The van der Waals surface area contributed by atoms with Crippen LogP contribution in [0.5, 0.6) is 0 Å². The van der Waals surface area contributed by atoms with E-state index in [1.54, 1.807) is 0 Å². The molecule has 1 fully saturated rings. The standard InChI is InChI=1S/C16H23N5O.HI/c1-3-7-19-16(17-4-2)20-13-14-6-5-8-18-15(14)21-9-11-22-12-10-21;/h1,5-6,8H,4,7,9-13H2,2H3,(H2,17,19,20);1H. The van der Waals surface area contributed by atoms with Crippen molar-refractivity contribution in [2.24, 2.45) is 4.99 Å². The normalized spacial score (nSPS) is 14.6. The number of morpholine rings is 1. The second-order valence-electron chi connectivity index (χ2n) is 4.84. The predicted octanol–water partition coefficient (Wildman–Crippen LogP) is 1.22. The fourth-order valence-electron chi connectivity index (χ4n) is 2.25. The highest BCUT2D eigenvalue weighted by Gasteiger charge is 2.15. The molecule has 0 aromatic carbocycles. The Labute approximate surface area is 155 Å². The first kappa shape index (κ1) is 19.5. The van der Waals surface area contributed by atoms with Crippen LogP contribution in [0.15, 0.2) is 23.3 Å². The van der Waals surface area contributed by atoms with Gasteiger partial charge >= 0.3 is 0 Å². The van der Waals surface area contributed by atoms with Crippen LogP contribution in [-0.2, 0) is 11.3 Å². The van der Waals surface area contributed by atoms with Gasteiger partial charge in [-0.05, 0) is 13.0 Å².